The van der Waals surface area contributed by atoms with Crippen LogP contribution in [0.3, 0.4) is 0 Å². The first-order valence-electron chi connectivity index (χ1n) is 10.4. The summed E-state index contributed by atoms with van der Waals surface area (Å²) in [6.07, 6.45) is -5.52. The number of carboxylic acid groups (broad SMARTS) is 1. The van der Waals surface area contributed by atoms with Gasteiger partial charge in [-0.1, -0.05) is 6.07 Å². The standard InChI is InChI=1S/C21H32O14.Na/c22-4-12(26)8-32-17-3-1-2-16(18(17)33-9-13(27)5-23)19(34-10-14(28)6-24)20(21(30)31)35-11-15(29)7-25;/h1-3,12-15,22-29H,4-11H2,(H,30,31);/q;+1/p-1. The summed E-state index contributed by atoms with van der Waals surface area (Å²) >= 11 is 0. The normalized spacial score (nSPS) is 15.0. The van der Waals surface area contributed by atoms with E-state index < -0.39 is 94.8 Å². The summed E-state index contributed by atoms with van der Waals surface area (Å²) in [5, 5.41) is 86.6. The van der Waals surface area contributed by atoms with Crippen molar-refractivity contribution in [2.24, 2.45) is 0 Å². The second-order valence-corrected chi connectivity index (χ2v) is 7.17. The third-order valence-electron chi connectivity index (χ3n) is 4.15. The van der Waals surface area contributed by atoms with Gasteiger partial charge in [0.25, 0.3) is 0 Å². The zero-order valence-electron chi connectivity index (χ0n) is 19.7. The summed E-state index contributed by atoms with van der Waals surface area (Å²) < 4.78 is 21.4. The summed E-state index contributed by atoms with van der Waals surface area (Å²) in [6.45, 7) is -4.98. The molecular formula is C21H31NaO14. The van der Waals surface area contributed by atoms with Crippen LogP contribution in [0.1, 0.15) is 5.56 Å². The maximum atomic E-state index is 11.9. The molecule has 1 aromatic rings. The minimum atomic E-state index is -1.91. The quantitative estimate of drug-likeness (QED) is 0.0500. The first kappa shape index (κ1) is 34.3. The maximum Gasteiger partial charge on any atom is 1.00 e. The summed E-state index contributed by atoms with van der Waals surface area (Å²) in [7, 11) is 0. The number of hydrogen-bond donors (Lipinski definition) is 8. The predicted octanol–water partition coefficient (Wildman–Crippen LogP) is -7.69. The SMILES string of the molecule is O=C([O-])C(OCC(O)CO)=C(OCC(O)CO)c1cccc(OCC(O)CO)c1OCC(O)CO.[Na+]. The Kier molecular flexibility index (Phi) is 17.7. The Balaban J connectivity index is 0.0000122. The number of benzene rings is 1. The Morgan fingerprint density at radius 1 is 0.750 bits per heavy atom. The second-order valence-electron chi connectivity index (χ2n) is 7.17. The summed E-state index contributed by atoms with van der Waals surface area (Å²) in [6, 6.07) is 4.00. The van der Waals surface area contributed by atoms with Gasteiger partial charge in [-0.05, 0) is 12.1 Å². The van der Waals surface area contributed by atoms with E-state index in [0.29, 0.717) is 0 Å². The third kappa shape index (κ3) is 11.6. The van der Waals surface area contributed by atoms with Crippen LogP contribution in [0.4, 0.5) is 0 Å². The number of para-hydroxylation sites is 1. The fourth-order valence-electron chi connectivity index (χ4n) is 2.38. The Morgan fingerprint density at radius 3 is 1.72 bits per heavy atom. The molecule has 0 aromatic heterocycles. The van der Waals surface area contributed by atoms with Crippen molar-refractivity contribution in [2.45, 2.75) is 24.4 Å². The molecule has 0 radical (unpaired) electrons. The fraction of sp³-hybridized carbons (Fsp3) is 0.571. The van der Waals surface area contributed by atoms with Gasteiger partial charge in [-0.25, -0.2) is 0 Å². The van der Waals surface area contributed by atoms with Crippen molar-refractivity contribution < 1.29 is 99.3 Å². The number of ether oxygens (including phenoxy) is 4. The molecule has 0 aliphatic heterocycles. The van der Waals surface area contributed by atoms with Crippen LogP contribution < -0.4 is 44.1 Å². The molecule has 0 saturated heterocycles. The maximum absolute atomic E-state index is 11.9. The van der Waals surface area contributed by atoms with Crippen LogP contribution in [0.25, 0.3) is 5.76 Å². The average Bonchev–Trinajstić information content (AvgIpc) is 2.86. The number of carboxylic acids is 1. The molecule has 0 fully saturated rings. The molecule has 15 heteroatoms. The van der Waals surface area contributed by atoms with Crippen molar-refractivity contribution >= 4 is 11.7 Å². The summed E-state index contributed by atoms with van der Waals surface area (Å²) in [5.74, 6) is -3.82. The molecule has 4 atom stereocenters. The van der Waals surface area contributed by atoms with Crippen LogP contribution in [0.2, 0.25) is 0 Å². The van der Waals surface area contributed by atoms with Crippen molar-refractivity contribution in [3.8, 4) is 11.5 Å². The number of aliphatic hydroxyl groups is 8. The Hall–Kier alpha value is -1.69. The van der Waals surface area contributed by atoms with Crippen molar-refractivity contribution in [2.75, 3.05) is 52.9 Å². The smallest absolute Gasteiger partial charge is 0.541 e. The van der Waals surface area contributed by atoms with Crippen LogP contribution >= 0.6 is 0 Å². The number of rotatable bonds is 18. The molecule has 1 rings (SSSR count). The van der Waals surface area contributed by atoms with Gasteiger partial charge in [-0.2, -0.15) is 0 Å². The topological polar surface area (TPSA) is 239 Å². The van der Waals surface area contributed by atoms with E-state index in [2.05, 4.69) is 0 Å². The molecule has 0 aliphatic carbocycles. The van der Waals surface area contributed by atoms with E-state index in [4.69, 9.17) is 39.4 Å². The molecular weight excluding hydrogens is 499 g/mol. The van der Waals surface area contributed by atoms with Gasteiger partial charge in [0.15, 0.2) is 23.0 Å². The molecule has 0 heterocycles. The molecule has 200 valence electrons. The molecule has 4 unspecified atom stereocenters. The Labute approximate surface area is 228 Å². The molecule has 0 bridgehead atoms. The molecule has 1 aromatic carbocycles. The predicted molar refractivity (Wildman–Crippen MR) is 114 cm³/mol. The minimum Gasteiger partial charge on any atom is -0.541 e. The van der Waals surface area contributed by atoms with Crippen molar-refractivity contribution in [3.05, 3.63) is 29.5 Å². The zero-order chi connectivity index (χ0) is 26.4. The number of aliphatic carboxylic acids is 1. The third-order valence-corrected chi connectivity index (χ3v) is 4.15. The number of carbonyl (C=O) groups excluding carboxylic acids is 1. The van der Waals surface area contributed by atoms with E-state index in [1.807, 2.05) is 0 Å². The summed E-state index contributed by atoms with van der Waals surface area (Å²) in [5.41, 5.74) is -0.172. The number of aliphatic hydroxyl groups excluding tert-OH is 8. The van der Waals surface area contributed by atoms with E-state index in [9.17, 15) is 30.3 Å². The fourth-order valence-corrected chi connectivity index (χ4v) is 2.38. The van der Waals surface area contributed by atoms with E-state index in [-0.39, 0.29) is 46.6 Å². The molecule has 0 saturated carbocycles. The largest absolute Gasteiger partial charge is 1.00 e. The molecule has 0 amide bonds. The first-order chi connectivity index (χ1) is 16.7. The van der Waals surface area contributed by atoms with Crippen molar-refractivity contribution in [3.63, 3.8) is 0 Å². The molecule has 14 nitrogen and oxygen atoms in total. The van der Waals surface area contributed by atoms with Gasteiger partial charge in [0, 0.05) is 0 Å². The van der Waals surface area contributed by atoms with Crippen LogP contribution in [0.15, 0.2) is 24.0 Å². The second kappa shape index (κ2) is 18.5. The molecule has 8 N–H and O–H groups in total. The van der Waals surface area contributed by atoms with Crippen molar-refractivity contribution in [1.82, 2.24) is 0 Å². The van der Waals surface area contributed by atoms with Crippen LogP contribution in [-0.2, 0) is 14.3 Å². The Bertz CT molecular complexity index is 805. The number of hydrogen-bond acceptors (Lipinski definition) is 14. The van der Waals surface area contributed by atoms with Crippen LogP contribution in [-0.4, -0.2) is 124 Å². The van der Waals surface area contributed by atoms with E-state index in [0.717, 1.165) is 0 Å². The average molecular weight is 530 g/mol. The van der Waals surface area contributed by atoms with Crippen LogP contribution in [0.5, 0.6) is 11.5 Å². The van der Waals surface area contributed by atoms with Gasteiger partial charge in [-0.15, -0.1) is 0 Å². The molecule has 36 heavy (non-hydrogen) atoms. The Morgan fingerprint density at radius 2 is 1.22 bits per heavy atom. The van der Waals surface area contributed by atoms with Crippen molar-refractivity contribution in [1.29, 1.82) is 0 Å². The molecule has 0 spiro atoms. The van der Waals surface area contributed by atoms with Crippen LogP contribution in [0, 0.1) is 0 Å². The van der Waals surface area contributed by atoms with Gasteiger partial charge in [0.1, 0.15) is 56.8 Å². The number of carbonyl (C=O) groups is 1. The van der Waals surface area contributed by atoms with Gasteiger partial charge >= 0.3 is 29.6 Å². The minimum absolute atomic E-state index is 0. The van der Waals surface area contributed by atoms with Gasteiger partial charge in [0.2, 0.25) is 0 Å². The van der Waals surface area contributed by atoms with E-state index in [1.54, 1.807) is 0 Å². The first-order valence-corrected chi connectivity index (χ1v) is 10.4. The molecule has 0 aliphatic rings. The van der Waals surface area contributed by atoms with Gasteiger partial charge in [0.05, 0.1) is 32.0 Å². The van der Waals surface area contributed by atoms with Gasteiger partial charge < -0.3 is 69.7 Å². The summed E-state index contributed by atoms with van der Waals surface area (Å²) in [4.78, 5) is 11.9. The zero-order valence-corrected chi connectivity index (χ0v) is 21.7. The monoisotopic (exact) mass is 530 g/mol. The van der Waals surface area contributed by atoms with E-state index >= 15 is 0 Å². The van der Waals surface area contributed by atoms with E-state index in [1.165, 1.54) is 18.2 Å². The van der Waals surface area contributed by atoms with Gasteiger partial charge in [-0.3, -0.25) is 0 Å².